The summed E-state index contributed by atoms with van der Waals surface area (Å²) in [5, 5.41) is 2.96. The van der Waals surface area contributed by atoms with Crippen molar-refractivity contribution < 1.29 is 22.8 Å². The number of carbonyl (C=O) groups is 2. The van der Waals surface area contributed by atoms with E-state index in [1.165, 1.54) is 11.0 Å². The van der Waals surface area contributed by atoms with Gasteiger partial charge in [-0.15, -0.1) is 0 Å². The Balaban J connectivity index is 1.54. The number of nitrogens with zero attached hydrogens (tertiary/aromatic N) is 2. The average molecular weight is 397 g/mol. The number of likely N-dealkylation sites (N-methyl/N-ethyl adjacent to an activating group) is 1. The first kappa shape index (κ1) is 20.6. The van der Waals surface area contributed by atoms with Crippen LogP contribution in [-0.2, 0) is 22.3 Å². The van der Waals surface area contributed by atoms with Gasteiger partial charge >= 0.3 is 6.18 Å². The predicted octanol–water partition coefficient (Wildman–Crippen LogP) is 2.65. The second kappa shape index (κ2) is 8.51. The number of alkyl halides is 3. The molecule has 1 aromatic rings. The van der Waals surface area contributed by atoms with Crippen molar-refractivity contribution in [2.24, 2.45) is 5.92 Å². The van der Waals surface area contributed by atoms with E-state index in [4.69, 9.17) is 0 Å². The molecule has 2 aliphatic rings. The molecule has 2 saturated heterocycles. The number of halogens is 3. The molecule has 8 heteroatoms. The van der Waals surface area contributed by atoms with Crippen molar-refractivity contribution in [3.63, 3.8) is 0 Å². The van der Waals surface area contributed by atoms with Crippen LogP contribution >= 0.6 is 0 Å². The lowest BCUT2D eigenvalue weighted by molar-refractivity contribution is -0.137. The van der Waals surface area contributed by atoms with Crippen LogP contribution in [0.25, 0.3) is 0 Å². The lowest BCUT2D eigenvalue weighted by Crippen LogP contribution is -2.42. The largest absolute Gasteiger partial charge is 0.416 e. The molecular formula is C20H26F3N3O2. The molecular weight excluding hydrogens is 371 g/mol. The Bertz CT molecular complexity index is 723. The molecule has 0 bridgehead atoms. The molecule has 0 radical (unpaired) electrons. The highest BCUT2D eigenvalue weighted by Crippen LogP contribution is 2.30. The van der Waals surface area contributed by atoms with E-state index in [0.29, 0.717) is 18.2 Å². The monoisotopic (exact) mass is 397 g/mol. The van der Waals surface area contributed by atoms with Crippen molar-refractivity contribution in [2.75, 3.05) is 26.2 Å². The highest BCUT2D eigenvalue weighted by Gasteiger charge is 2.35. The zero-order chi connectivity index (χ0) is 20.3. The minimum atomic E-state index is -4.42. The summed E-state index contributed by atoms with van der Waals surface area (Å²) in [6.07, 6.45) is -2.13. The summed E-state index contributed by atoms with van der Waals surface area (Å²) >= 11 is 0. The fourth-order valence-electron chi connectivity index (χ4n) is 4.07. The molecule has 2 amide bonds. The van der Waals surface area contributed by atoms with Gasteiger partial charge in [0.25, 0.3) is 0 Å². The number of benzene rings is 1. The summed E-state index contributed by atoms with van der Waals surface area (Å²) < 4.78 is 38.6. The van der Waals surface area contributed by atoms with E-state index in [-0.39, 0.29) is 31.3 Å². The second-order valence-electron chi connectivity index (χ2n) is 7.54. The zero-order valence-corrected chi connectivity index (χ0v) is 16.0. The average Bonchev–Trinajstić information content (AvgIpc) is 3.26. The Hall–Kier alpha value is -2.09. The van der Waals surface area contributed by atoms with E-state index in [0.717, 1.165) is 38.1 Å². The molecule has 0 spiro atoms. The maximum atomic E-state index is 12.9. The third kappa shape index (κ3) is 4.84. The van der Waals surface area contributed by atoms with Crippen molar-refractivity contribution in [3.05, 3.63) is 35.4 Å². The molecule has 2 fully saturated rings. The lowest BCUT2D eigenvalue weighted by atomic mass is 10.1. The molecule has 3 rings (SSSR count). The van der Waals surface area contributed by atoms with Crippen molar-refractivity contribution in [3.8, 4) is 0 Å². The number of hydrogen-bond acceptors (Lipinski definition) is 3. The van der Waals surface area contributed by atoms with Gasteiger partial charge in [-0.3, -0.25) is 14.5 Å². The molecule has 1 aromatic carbocycles. The third-order valence-electron chi connectivity index (χ3n) is 5.63. The molecule has 154 valence electrons. The molecule has 0 aliphatic carbocycles. The van der Waals surface area contributed by atoms with E-state index in [1.807, 2.05) is 0 Å². The number of carbonyl (C=O) groups excluding carboxylic acids is 2. The molecule has 5 nitrogen and oxygen atoms in total. The fraction of sp³-hybridized carbons (Fsp3) is 0.600. The Morgan fingerprint density at radius 2 is 2.11 bits per heavy atom. The standard InChI is InChI=1S/C20H26F3N3O2/c1-2-25-8-4-7-17(25)11-24-19(28)15-10-18(27)26(13-15)12-14-5-3-6-16(9-14)20(21,22)23/h3,5-6,9,15,17H,2,4,7-8,10-13H2,1H3,(H,24,28)/t15-,17-/m0/s1. The van der Waals surface area contributed by atoms with E-state index in [9.17, 15) is 22.8 Å². The number of hydrogen-bond donors (Lipinski definition) is 1. The zero-order valence-electron chi connectivity index (χ0n) is 16.0. The van der Waals surface area contributed by atoms with Gasteiger partial charge in [-0.05, 0) is 43.6 Å². The molecule has 0 saturated carbocycles. The Kier molecular flexibility index (Phi) is 6.27. The Labute approximate surface area is 162 Å². The molecule has 1 N–H and O–H groups in total. The predicted molar refractivity (Wildman–Crippen MR) is 98.2 cm³/mol. The molecule has 2 aliphatic heterocycles. The van der Waals surface area contributed by atoms with Gasteiger partial charge in [0.2, 0.25) is 11.8 Å². The Morgan fingerprint density at radius 3 is 2.82 bits per heavy atom. The van der Waals surface area contributed by atoms with Gasteiger partial charge < -0.3 is 10.2 Å². The van der Waals surface area contributed by atoms with E-state index in [2.05, 4.69) is 17.1 Å². The first-order chi connectivity index (χ1) is 13.3. The summed E-state index contributed by atoms with van der Waals surface area (Å²) in [4.78, 5) is 28.5. The fourth-order valence-corrected chi connectivity index (χ4v) is 4.07. The number of nitrogens with one attached hydrogen (secondary N) is 1. The summed E-state index contributed by atoms with van der Waals surface area (Å²) in [6.45, 7) is 4.99. The smallest absolute Gasteiger partial charge is 0.354 e. The highest BCUT2D eigenvalue weighted by molar-refractivity contribution is 5.89. The quantitative estimate of drug-likeness (QED) is 0.803. The van der Waals surface area contributed by atoms with Crippen LogP contribution in [0.1, 0.15) is 37.3 Å². The van der Waals surface area contributed by atoms with E-state index in [1.54, 1.807) is 6.07 Å². The first-order valence-corrected chi connectivity index (χ1v) is 9.73. The van der Waals surface area contributed by atoms with Crippen LogP contribution in [-0.4, -0.2) is 53.8 Å². The van der Waals surface area contributed by atoms with Gasteiger partial charge in [0, 0.05) is 32.1 Å². The third-order valence-corrected chi connectivity index (χ3v) is 5.63. The first-order valence-electron chi connectivity index (χ1n) is 9.73. The molecule has 28 heavy (non-hydrogen) atoms. The van der Waals surface area contributed by atoms with Gasteiger partial charge in [-0.25, -0.2) is 0 Å². The van der Waals surface area contributed by atoms with E-state index >= 15 is 0 Å². The van der Waals surface area contributed by atoms with Crippen LogP contribution in [0.4, 0.5) is 13.2 Å². The molecule has 2 atom stereocenters. The summed E-state index contributed by atoms with van der Waals surface area (Å²) in [5.41, 5.74) is -0.322. The highest BCUT2D eigenvalue weighted by atomic mass is 19.4. The van der Waals surface area contributed by atoms with Crippen molar-refractivity contribution in [1.82, 2.24) is 15.1 Å². The minimum absolute atomic E-state index is 0.0821. The normalized spacial score (nSPS) is 23.4. The molecule has 0 unspecified atom stereocenters. The van der Waals surface area contributed by atoms with Crippen LogP contribution in [0, 0.1) is 5.92 Å². The number of amides is 2. The van der Waals surface area contributed by atoms with Crippen molar-refractivity contribution >= 4 is 11.8 Å². The lowest BCUT2D eigenvalue weighted by Gasteiger charge is -2.23. The van der Waals surface area contributed by atoms with Gasteiger partial charge in [0.1, 0.15) is 0 Å². The summed E-state index contributed by atoms with van der Waals surface area (Å²) in [6, 6.07) is 5.31. The summed E-state index contributed by atoms with van der Waals surface area (Å²) in [7, 11) is 0. The maximum absolute atomic E-state index is 12.9. The van der Waals surface area contributed by atoms with Crippen LogP contribution < -0.4 is 5.32 Å². The van der Waals surface area contributed by atoms with Gasteiger partial charge in [-0.1, -0.05) is 19.1 Å². The number of rotatable bonds is 6. The van der Waals surface area contributed by atoms with Gasteiger partial charge in [-0.2, -0.15) is 13.2 Å². The van der Waals surface area contributed by atoms with Crippen molar-refractivity contribution in [2.45, 2.75) is 44.9 Å². The van der Waals surface area contributed by atoms with Gasteiger partial charge in [0.15, 0.2) is 0 Å². The molecule has 0 aromatic heterocycles. The SMILES string of the molecule is CCN1CCC[C@H]1CNC(=O)[C@H]1CC(=O)N(Cc2cccc(C(F)(F)F)c2)C1. The van der Waals surface area contributed by atoms with Crippen molar-refractivity contribution in [1.29, 1.82) is 0 Å². The van der Waals surface area contributed by atoms with Crippen LogP contribution in [0.5, 0.6) is 0 Å². The Morgan fingerprint density at radius 1 is 1.32 bits per heavy atom. The summed E-state index contributed by atoms with van der Waals surface area (Å²) in [5.74, 6) is -0.800. The minimum Gasteiger partial charge on any atom is -0.354 e. The maximum Gasteiger partial charge on any atom is 0.416 e. The molecule has 2 heterocycles. The van der Waals surface area contributed by atoms with Gasteiger partial charge in [0.05, 0.1) is 11.5 Å². The van der Waals surface area contributed by atoms with E-state index < -0.39 is 17.7 Å². The topological polar surface area (TPSA) is 52.7 Å². The van der Waals surface area contributed by atoms with Crippen LogP contribution in [0.2, 0.25) is 0 Å². The van der Waals surface area contributed by atoms with Crippen LogP contribution in [0.15, 0.2) is 24.3 Å². The second-order valence-corrected chi connectivity index (χ2v) is 7.54. The van der Waals surface area contributed by atoms with Crippen LogP contribution in [0.3, 0.4) is 0 Å². The number of likely N-dealkylation sites (tertiary alicyclic amines) is 2.